The van der Waals surface area contributed by atoms with Gasteiger partial charge in [0, 0.05) is 55.5 Å². The van der Waals surface area contributed by atoms with Crippen molar-refractivity contribution in [3.05, 3.63) is 217 Å². The van der Waals surface area contributed by atoms with E-state index in [9.17, 15) is 0 Å². The Labute approximate surface area is 424 Å². The maximum Gasteiger partial charge on any atom is 0.0553 e. The normalized spacial score (nSPS) is 24.4. The average Bonchev–Trinajstić information content (AvgIpc) is 4.26. The fourth-order valence-corrected chi connectivity index (χ4v) is 22.4. The Morgan fingerprint density at radius 3 is 1.18 bits per heavy atom. The number of fused-ring (bicyclic) bond motifs is 12. The molecular weight excluding hydrogens is 887 g/mol. The van der Waals surface area contributed by atoms with Crippen LogP contribution in [0.25, 0.3) is 88.6 Å². The Bertz CT molecular complexity index is 3660. The zero-order valence-corrected chi connectivity index (χ0v) is 43.2. The molecule has 2 fully saturated rings. The predicted molar refractivity (Wildman–Crippen MR) is 310 cm³/mol. The number of hydrogen-bond donors (Lipinski definition) is 0. The van der Waals surface area contributed by atoms with E-state index in [4.69, 9.17) is 0 Å². The maximum atomic E-state index is 2.79. The highest BCUT2D eigenvalue weighted by atomic mass is 28.3. The summed E-state index contributed by atoms with van der Waals surface area (Å²) in [5, 5.41) is 8.11. The largest absolute Gasteiger partial charge is 0.313 e. The molecule has 0 aliphatic heterocycles. The van der Waals surface area contributed by atoms with Crippen molar-refractivity contribution in [1.82, 2.24) is 13.7 Å². The van der Waals surface area contributed by atoms with Gasteiger partial charge in [-0.25, -0.2) is 0 Å². The van der Waals surface area contributed by atoms with Gasteiger partial charge in [-0.05, 0) is 127 Å². The highest BCUT2D eigenvalue weighted by Gasteiger charge is 2.58. The number of hydrogen-bond acceptors (Lipinski definition) is 0. The Morgan fingerprint density at radius 1 is 0.431 bits per heavy atom. The smallest absolute Gasteiger partial charge is 0.0553 e. The Balaban J connectivity index is 0.000000174. The van der Waals surface area contributed by atoms with Gasteiger partial charge in [-0.2, -0.15) is 0 Å². The van der Waals surface area contributed by atoms with Crippen LogP contribution in [0.4, 0.5) is 0 Å². The fourth-order valence-electron chi connectivity index (χ4n) is 16.1. The summed E-state index contributed by atoms with van der Waals surface area (Å²) in [4.78, 5) is 0. The molecule has 10 aromatic rings. The van der Waals surface area contributed by atoms with Gasteiger partial charge in [-0.15, -0.1) is 0 Å². The van der Waals surface area contributed by atoms with Crippen LogP contribution in [0.3, 0.4) is 0 Å². The first kappa shape index (κ1) is 43.6. The molecule has 2 saturated carbocycles. The lowest BCUT2D eigenvalue weighted by Gasteiger charge is -2.46. The van der Waals surface area contributed by atoms with Crippen molar-refractivity contribution < 1.29 is 0 Å². The SMILES string of the molecule is CC1=Cc2cccc(-n3c4ccccc4c4ccccc43)c2C1.CC1CC2C(n3c4ccccc4c4ccccc43)=CC=CC2C1[Si](C)(C)C1C(C)CC2C(n3c4ccccc4c4ccccc43)=CC=CC21. The minimum absolute atomic E-state index is 0.554. The number of para-hydroxylation sites is 6. The first-order valence-electron chi connectivity index (χ1n) is 26.8. The van der Waals surface area contributed by atoms with Crippen molar-refractivity contribution in [2.24, 2.45) is 35.5 Å². The van der Waals surface area contributed by atoms with Gasteiger partial charge in [-0.1, -0.05) is 184 Å². The molecule has 0 bridgehead atoms. The number of allylic oxidation sites excluding steroid dienone is 9. The van der Waals surface area contributed by atoms with Crippen LogP contribution in [0.5, 0.6) is 0 Å². The monoisotopic (exact) mass is 949 g/mol. The van der Waals surface area contributed by atoms with Crippen LogP contribution >= 0.6 is 0 Å². The van der Waals surface area contributed by atoms with E-state index < -0.39 is 8.07 Å². The molecule has 0 saturated heterocycles. The van der Waals surface area contributed by atoms with E-state index in [0.29, 0.717) is 35.5 Å². The molecule has 72 heavy (non-hydrogen) atoms. The van der Waals surface area contributed by atoms with Gasteiger partial charge in [0.1, 0.15) is 0 Å². The minimum Gasteiger partial charge on any atom is -0.313 e. The van der Waals surface area contributed by atoms with Crippen LogP contribution < -0.4 is 0 Å². The summed E-state index contributed by atoms with van der Waals surface area (Å²) in [5.41, 5.74) is 18.0. The molecule has 7 aromatic carbocycles. The van der Waals surface area contributed by atoms with E-state index in [1.54, 1.807) is 0 Å². The highest BCUT2D eigenvalue weighted by Crippen LogP contribution is 2.64. The zero-order chi connectivity index (χ0) is 48.4. The first-order chi connectivity index (χ1) is 35.3. The van der Waals surface area contributed by atoms with Gasteiger partial charge >= 0.3 is 0 Å². The molecule has 0 radical (unpaired) electrons. The minimum atomic E-state index is -1.80. The molecule has 5 aliphatic carbocycles. The van der Waals surface area contributed by atoms with Crippen LogP contribution in [0.1, 0.15) is 44.7 Å². The van der Waals surface area contributed by atoms with E-state index in [1.807, 2.05) is 0 Å². The molecular formula is C68H63N3Si. The molecule has 0 amide bonds. The summed E-state index contributed by atoms with van der Waals surface area (Å²) in [6.45, 7) is 13.0. The third-order valence-electron chi connectivity index (χ3n) is 18.5. The quantitative estimate of drug-likeness (QED) is 0.153. The lowest BCUT2D eigenvalue weighted by atomic mass is 9.88. The summed E-state index contributed by atoms with van der Waals surface area (Å²) in [7, 11) is -1.80. The molecule has 4 heteroatoms. The molecule has 5 aliphatic rings. The van der Waals surface area contributed by atoms with Gasteiger partial charge in [0.05, 0.1) is 46.9 Å². The molecule has 3 nitrogen and oxygen atoms in total. The Morgan fingerprint density at radius 2 is 0.792 bits per heavy atom. The highest BCUT2D eigenvalue weighted by molar-refractivity contribution is 6.80. The molecule has 3 aromatic heterocycles. The lowest BCUT2D eigenvalue weighted by molar-refractivity contribution is 0.492. The van der Waals surface area contributed by atoms with Crippen LogP contribution in [0.15, 0.2) is 206 Å². The van der Waals surface area contributed by atoms with Gasteiger partial charge in [0.25, 0.3) is 0 Å². The van der Waals surface area contributed by atoms with E-state index in [-0.39, 0.29) is 0 Å². The molecule has 8 unspecified atom stereocenters. The predicted octanol–water partition coefficient (Wildman–Crippen LogP) is 18.2. The Hall–Kier alpha value is -7.14. The number of aromatic nitrogens is 3. The second kappa shape index (κ2) is 16.7. The molecule has 354 valence electrons. The van der Waals surface area contributed by atoms with Gasteiger partial charge in [0.2, 0.25) is 0 Å². The van der Waals surface area contributed by atoms with Crippen molar-refractivity contribution in [1.29, 1.82) is 0 Å². The summed E-state index contributed by atoms with van der Waals surface area (Å²) in [6.07, 6.45) is 20.9. The zero-order valence-electron chi connectivity index (χ0n) is 42.2. The van der Waals surface area contributed by atoms with E-state index in [2.05, 4.69) is 254 Å². The van der Waals surface area contributed by atoms with Crippen molar-refractivity contribution >= 4 is 91.0 Å². The van der Waals surface area contributed by atoms with Crippen molar-refractivity contribution in [2.75, 3.05) is 0 Å². The Kier molecular flexibility index (Phi) is 10.1. The van der Waals surface area contributed by atoms with E-state index in [1.165, 1.54) is 112 Å². The molecule has 3 heterocycles. The average molecular weight is 950 g/mol. The number of benzene rings is 7. The molecule has 0 spiro atoms. The van der Waals surface area contributed by atoms with Crippen molar-refractivity contribution in [2.45, 2.75) is 64.2 Å². The number of nitrogens with zero attached hydrogens (tertiary/aromatic N) is 3. The van der Waals surface area contributed by atoms with Gasteiger partial charge < -0.3 is 13.7 Å². The maximum absolute atomic E-state index is 2.79. The van der Waals surface area contributed by atoms with E-state index >= 15 is 0 Å². The molecule has 0 N–H and O–H groups in total. The van der Waals surface area contributed by atoms with Crippen LogP contribution in [-0.4, -0.2) is 21.8 Å². The van der Waals surface area contributed by atoms with E-state index in [0.717, 1.165) is 17.5 Å². The third-order valence-corrected chi connectivity index (χ3v) is 23.8. The van der Waals surface area contributed by atoms with Crippen LogP contribution in [0.2, 0.25) is 24.2 Å². The van der Waals surface area contributed by atoms with Gasteiger partial charge in [-0.3, -0.25) is 0 Å². The van der Waals surface area contributed by atoms with Crippen LogP contribution in [-0.2, 0) is 6.42 Å². The number of rotatable bonds is 5. The van der Waals surface area contributed by atoms with Crippen molar-refractivity contribution in [3.8, 4) is 5.69 Å². The summed E-state index contributed by atoms with van der Waals surface area (Å²) in [5.74, 6) is 3.73. The molecule has 8 atom stereocenters. The molecule has 15 rings (SSSR count). The first-order valence-corrected chi connectivity index (χ1v) is 29.9. The van der Waals surface area contributed by atoms with Crippen molar-refractivity contribution in [3.63, 3.8) is 0 Å². The summed E-state index contributed by atoms with van der Waals surface area (Å²) >= 11 is 0. The third kappa shape index (κ3) is 6.47. The summed E-state index contributed by atoms with van der Waals surface area (Å²) < 4.78 is 7.67. The second-order valence-electron chi connectivity index (χ2n) is 22.7. The second-order valence-corrected chi connectivity index (χ2v) is 27.7. The fraction of sp³-hybridized carbons (Fsp3) is 0.235. The van der Waals surface area contributed by atoms with Crippen LogP contribution in [0, 0.1) is 35.5 Å². The summed E-state index contributed by atoms with van der Waals surface area (Å²) in [6, 6.07) is 60.2. The topological polar surface area (TPSA) is 14.8 Å². The lowest BCUT2D eigenvalue weighted by Crippen LogP contribution is -2.45. The van der Waals surface area contributed by atoms with Gasteiger partial charge in [0.15, 0.2) is 0 Å². The standard InChI is InChI=1S/C46H46N2Si.C22H17N/c1-29-27-37-35(19-13-25-43(37)47-39-21-9-5-15-31(39)32-16-6-10-22-40(32)47)45(29)49(3,4)46-30(2)28-38-36(46)20-14-26-44(38)48-41-23-11-7-17-33(41)34-18-8-12-24-42(34)48;1-15-13-16-7-6-12-22(19(16)14-15)23-20-10-4-2-8-17(20)18-9-3-5-11-21(18)23/h5-26,29-30,35-38,45-46H,27-28H2,1-4H3;2-13H,14H2,1H3.